The van der Waals surface area contributed by atoms with Crippen molar-refractivity contribution >= 4 is 23.0 Å². The van der Waals surface area contributed by atoms with E-state index in [1.54, 1.807) is 59.6 Å². The standard InChI is InChI=1S/C44H41F2N7O5/c1-56-42(55)52-38(25-6-3-2-4-7-25)41(54)53-24-43(57-18-19-58-43)16-15-37(53)40-49-33-14-11-27(22-35(33)50-40)26-9-12-29-30-13-10-28(21-32(30)44(45,46)31(29)20-26)36-23-48-39(51-36)34-8-5-17-47-34/h2-4,6-7,9-14,20-23,34,37-38,47H,5,8,15-19,24H2,1H3,(H,48,51)(H,49,50)(H,52,55)/t34?,37-,38-/m1/s1. The van der Waals surface area contributed by atoms with Crippen LogP contribution in [-0.4, -0.2) is 76.0 Å². The van der Waals surface area contributed by atoms with E-state index in [4.69, 9.17) is 19.2 Å². The molecule has 3 aliphatic heterocycles. The molecular formula is C44H41F2N7O5. The number of carbonyl (C=O) groups excluding carboxylic acids is 2. The zero-order valence-corrected chi connectivity index (χ0v) is 31.7. The number of piperidine rings is 1. The number of benzene rings is 4. The van der Waals surface area contributed by atoms with Gasteiger partial charge in [0.1, 0.15) is 17.7 Å². The average molecular weight is 786 g/mol. The number of nitrogens with one attached hydrogen (secondary N) is 4. The topological polar surface area (TPSA) is 146 Å². The van der Waals surface area contributed by atoms with E-state index in [9.17, 15) is 9.59 Å². The van der Waals surface area contributed by atoms with Gasteiger partial charge in [-0.3, -0.25) is 4.79 Å². The molecule has 3 fully saturated rings. The van der Waals surface area contributed by atoms with Crippen molar-refractivity contribution in [2.24, 2.45) is 0 Å². The van der Waals surface area contributed by atoms with Crippen molar-refractivity contribution in [1.29, 1.82) is 0 Å². The van der Waals surface area contributed by atoms with Gasteiger partial charge in [0.15, 0.2) is 5.79 Å². The highest BCUT2D eigenvalue weighted by atomic mass is 19.3. The number of rotatable bonds is 7. The Bertz CT molecular complexity index is 2540. The first kappa shape index (κ1) is 36.4. The van der Waals surface area contributed by atoms with E-state index in [0.717, 1.165) is 30.8 Å². The molecule has 5 heterocycles. The van der Waals surface area contributed by atoms with E-state index in [1.165, 1.54) is 7.11 Å². The molecule has 6 aromatic rings. The summed E-state index contributed by atoms with van der Waals surface area (Å²) < 4.78 is 49.7. The molecular weight excluding hydrogens is 745 g/mol. The van der Waals surface area contributed by atoms with Gasteiger partial charge in [-0.1, -0.05) is 60.7 Å². The summed E-state index contributed by atoms with van der Waals surface area (Å²) in [5.41, 5.74) is 5.62. The fraction of sp³-hybridized carbons (Fsp3) is 0.318. The molecule has 0 saturated carbocycles. The van der Waals surface area contributed by atoms with Gasteiger partial charge >= 0.3 is 6.09 Å². The summed E-state index contributed by atoms with van der Waals surface area (Å²) >= 11 is 0. The predicted octanol–water partition coefficient (Wildman–Crippen LogP) is 7.67. The molecule has 0 radical (unpaired) electrons. The highest BCUT2D eigenvalue weighted by Crippen LogP contribution is 2.53. The number of aromatic amines is 2. The van der Waals surface area contributed by atoms with Gasteiger partial charge in [0, 0.05) is 23.1 Å². The number of hydrogen-bond donors (Lipinski definition) is 4. The Morgan fingerprint density at radius 3 is 2.36 bits per heavy atom. The summed E-state index contributed by atoms with van der Waals surface area (Å²) in [7, 11) is 1.25. The van der Waals surface area contributed by atoms with E-state index in [-0.39, 0.29) is 29.6 Å². The number of amides is 2. The lowest BCUT2D eigenvalue weighted by atomic mass is 9.94. The van der Waals surface area contributed by atoms with Crippen LogP contribution in [-0.2, 0) is 24.9 Å². The van der Waals surface area contributed by atoms with Gasteiger partial charge in [0.25, 0.3) is 11.8 Å². The molecule has 0 bridgehead atoms. The van der Waals surface area contributed by atoms with Crippen LogP contribution in [0.2, 0.25) is 0 Å². The van der Waals surface area contributed by atoms with Crippen LogP contribution in [0.5, 0.6) is 0 Å². The lowest BCUT2D eigenvalue weighted by Gasteiger charge is -2.44. The molecule has 1 spiro atoms. The third-order valence-corrected chi connectivity index (χ3v) is 12.0. The smallest absolute Gasteiger partial charge is 0.407 e. The van der Waals surface area contributed by atoms with Crippen molar-refractivity contribution in [3.63, 3.8) is 0 Å². The van der Waals surface area contributed by atoms with Crippen molar-refractivity contribution < 1.29 is 32.6 Å². The monoisotopic (exact) mass is 785 g/mol. The normalized spacial score (nSPS) is 20.9. The quantitative estimate of drug-likeness (QED) is 0.129. The zero-order valence-electron chi connectivity index (χ0n) is 31.7. The third-order valence-electron chi connectivity index (χ3n) is 12.0. The van der Waals surface area contributed by atoms with E-state index >= 15 is 8.78 Å². The van der Waals surface area contributed by atoms with Crippen LogP contribution in [0.25, 0.3) is 44.5 Å². The van der Waals surface area contributed by atoms with Crippen LogP contribution in [0.4, 0.5) is 13.6 Å². The Morgan fingerprint density at radius 1 is 0.897 bits per heavy atom. The number of imidazole rings is 2. The average Bonchev–Trinajstić information content (AvgIpc) is 4.11. The molecule has 3 atom stereocenters. The van der Waals surface area contributed by atoms with E-state index in [2.05, 4.69) is 25.6 Å². The highest BCUT2D eigenvalue weighted by Gasteiger charge is 2.49. The van der Waals surface area contributed by atoms with Gasteiger partial charge in [-0.15, -0.1) is 0 Å². The first-order valence-corrected chi connectivity index (χ1v) is 19.6. The lowest BCUT2D eigenvalue weighted by molar-refractivity contribution is -0.202. The van der Waals surface area contributed by atoms with Crippen molar-refractivity contribution in [2.45, 2.75) is 55.5 Å². The molecule has 296 valence electrons. The molecule has 1 aliphatic carbocycles. The van der Waals surface area contributed by atoms with Crippen LogP contribution in [0.3, 0.4) is 0 Å². The minimum absolute atomic E-state index is 0.0287. The largest absolute Gasteiger partial charge is 0.453 e. The molecule has 1 unspecified atom stereocenters. The summed E-state index contributed by atoms with van der Waals surface area (Å²) in [6.07, 6.45) is 4.03. The minimum Gasteiger partial charge on any atom is -0.453 e. The fourth-order valence-electron chi connectivity index (χ4n) is 9.00. The van der Waals surface area contributed by atoms with Gasteiger partial charge in [0.05, 0.1) is 61.9 Å². The Hall–Kier alpha value is -5.96. The van der Waals surface area contributed by atoms with Gasteiger partial charge in [-0.2, -0.15) is 8.78 Å². The van der Waals surface area contributed by atoms with Crippen LogP contribution in [0.1, 0.15) is 72.1 Å². The maximum Gasteiger partial charge on any atom is 0.407 e. The lowest BCUT2D eigenvalue weighted by Crippen LogP contribution is -2.55. The Morgan fingerprint density at radius 2 is 1.62 bits per heavy atom. The molecule has 58 heavy (non-hydrogen) atoms. The number of likely N-dealkylation sites (tertiary alicyclic amines) is 1. The van der Waals surface area contributed by atoms with E-state index in [1.807, 2.05) is 36.4 Å². The zero-order chi connectivity index (χ0) is 39.6. The van der Waals surface area contributed by atoms with E-state index < -0.39 is 29.9 Å². The van der Waals surface area contributed by atoms with Gasteiger partial charge in [-0.05, 0) is 77.9 Å². The number of methoxy groups -OCH3 is 1. The molecule has 10 rings (SSSR count). The van der Waals surface area contributed by atoms with Gasteiger partial charge < -0.3 is 39.7 Å². The van der Waals surface area contributed by atoms with Crippen LogP contribution >= 0.6 is 0 Å². The first-order valence-electron chi connectivity index (χ1n) is 19.6. The maximum absolute atomic E-state index is 16.4. The minimum atomic E-state index is -3.21. The Balaban J connectivity index is 0.946. The predicted molar refractivity (Wildman–Crippen MR) is 211 cm³/mol. The van der Waals surface area contributed by atoms with Gasteiger partial charge in [-0.25, -0.2) is 14.8 Å². The Labute approximate surface area is 332 Å². The molecule has 4 aromatic carbocycles. The second-order valence-electron chi connectivity index (χ2n) is 15.4. The number of hydrogen-bond acceptors (Lipinski definition) is 8. The van der Waals surface area contributed by atoms with Crippen molar-refractivity contribution in [3.05, 3.63) is 119 Å². The first-order chi connectivity index (χ1) is 28.2. The number of carbonyl (C=O) groups is 2. The fourth-order valence-corrected chi connectivity index (χ4v) is 9.00. The summed E-state index contributed by atoms with van der Waals surface area (Å²) in [6, 6.07) is 23.6. The van der Waals surface area contributed by atoms with Crippen molar-refractivity contribution in [3.8, 4) is 33.5 Å². The highest BCUT2D eigenvalue weighted by molar-refractivity contribution is 5.89. The summed E-state index contributed by atoms with van der Waals surface area (Å²) in [4.78, 5) is 44.9. The summed E-state index contributed by atoms with van der Waals surface area (Å²) in [5, 5.41) is 6.13. The number of alkyl carbamates (subject to hydrolysis) is 1. The summed E-state index contributed by atoms with van der Waals surface area (Å²) in [6.45, 7) is 1.88. The number of nitrogens with zero attached hydrogens (tertiary/aromatic N) is 3. The van der Waals surface area contributed by atoms with Gasteiger partial charge in [0.2, 0.25) is 0 Å². The van der Waals surface area contributed by atoms with Crippen LogP contribution in [0.15, 0.2) is 91.1 Å². The second-order valence-corrected chi connectivity index (χ2v) is 15.4. The molecule has 14 heteroatoms. The summed E-state index contributed by atoms with van der Waals surface area (Å²) in [5.74, 6) is -3.17. The maximum atomic E-state index is 16.4. The molecule has 2 aromatic heterocycles. The number of H-pyrrole nitrogens is 2. The number of alkyl halides is 2. The SMILES string of the molecule is COC(=O)N[C@@H](C(=O)N1CC2(CC[C@@H]1c1nc3ccc(-c4ccc5c(c4)C(F)(F)c4cc(-c6cnc(C7CCCN7)[nH]6)ccc4-5)cc3[nH]1)OCCO2)c1ccccc1. The number of fused-ring (bicyclic) bond motifs is 4. The molecule has 2 amide bonds. The second kappa shape index (κ2) is 14.1. The third kappa shape index (κ3) is 6.22. The van der Waals surface area contributed by atoms with E-state index in [0.29, 0.717) is 76.4 Å². The van der Waals surface area contributed by atoms with Crippen molar-refractivity contribution in [1.82, 2.24) is 35.5 Å². The van der Waals surface area contributed by atoms with Crippen LogP contribution in [0, 0.1) is 0 Å². The molecule has 12 nitrogen and oxygen atoms in total. The van der Waals surface area contributed by atoms with Crippen molar-refractivity contribution in [2.75, 3.05) is 33.4 Å². The molecule has 4 N–H and O–H groups in total. The van der Waals surface area contributed by atoms with Crippen LogP contribution < -0.4 is 10.6 Å². The number of ether oxygens (including phenoxy) is 3. The number of halogens is 2. The molecule has 4 aliphatic rings. The molecule has 3 saturated heterocycles. The number of aromatic nitrogens is 4. The Kier molecular flexibility index (Phi) is 8.88.